The van der Waals surface area contributed by atoms with Gasteiger partial charge in [0.2, 0.25) is 0 Å². The van der Waals surface area contributed by atoms with Crippen molar-refractivity contribution in [2.75, 3.05) is 6.61 Å². The van der Waals surface area contributed by atoms with E-state index in [4.69, 9.17) is 4.74 Å². The minimum Gasteiger partial charge on any atom is -0.462 e. The summed E-state index contributed by atoms with van der Waals surface area (Å²) in [6.07, 6.45) is 13.6. The fourth-order valence-electron chi connectivity index (χ4n) is 3.16. The standard InChI is InChI=1S/C22H32O3/c1-16(8-7-9-17(2)12-13-25-19(4)23)10-11-21-18(3)14-20(24)15-22(21,5)6/h7-12,20,24H,13-15H2,1-6H3. The van der Waals surface area contributed by atoms with Gasteiger partial charge >= 0.3 is 5.97 Å². The summed E-state index contributed by atoms with van der Waals surface area (Å²) in [4.78, 5) is 10.7. The highest BCUT2D eigenvalue weighted by molar-refractivity contribution is 5.66. The molecule has 1 unspecified atom stereocenters. The van der Waals surface area contributed by atoms with E-state index < -0.39 is 0 Å². The predicted octanol–water partition coefficient (Wildman–Crippen LogP) is 5.05. The number of carbonyl (C=O) groups is 1. The van der Waals surface area contributed by atoms with Gasteiger partial charge in [-0.1, -0.05) is 60.9 Å². The molecule has 0 aromatic carbocycles. The number of ether oxygens (including phenoxy) is 1. The van der Waals surface area contributed by atoms with Gasteiger partial charge in [-0.25, -0.2) is 0 Å². The monoisotopic (exact) mass is 344 g/mol. The van der Waals surface area contributed by atoms with Crippen LogP contribution in [-0.2, 0) is 9.53 Å². The molecule has 0 radical (unpaired) electrons. The molecule has 0 saturated heterocycles. The van der Waals surface area contributed by atoms with E-state index in [9.17, 15) is 9.90 Å². The minimum atomic E-state index is -0.267. The van der Waals surface area contributed by atoms with Crippen LogP contribution < -0.4 is 0 Å². The Morgan fingerprint density at radius 2 is 1.92 bits per heavy atom. The molecule has 0 spiro atoms. The molecule has 0 amide bonds. The van der Waals surface area contributed by atoms with Gasteiger partial charge in [0.05, 0.1) is 6.10 Å². The van der Waals surface area contributed by atoms with Crippen LogP contribution in [0.25, 0.3) is 0 Å². The van der Waals surface area contributed by atoms with E-state index in [1.54, 1.807) is 0 Å². The smallest absolute Gasteiger partial charge is 0.302 e. The molecule has 1 atom stereocenters. The molecule has 0 heterocycles. The van der Waals surface area contributed by atoms with Gasteiger partial charge in [0, 0.05) is 6.92 Å². The van der Waals surface area contributed by atoms with Crippen LogP contribution in [0.5, 0.6) is 0 Å². The second kappa shape index (κ2) is 9.57. The summed E-state index contributed by atoms with van der Waals surface area (Å²) in [5.74, 6) is -0.267. The molecule has 1 aliphatic carbocycles. The van der Waals surface area contributed by atoms with E-state index in [1.807, 2.05) is 25.2 Å². The number of rotatable bonds is 6. The first-order valence-electron chi connectivity index (χ1n) is 8.83. The van der Waals surface area contributed by atoms with Crippen molar-refractivity contribution >= 4 is 5.97 Å². The van der Waals surface area contributed by atoms with Gasteiger partial charge in [-0.05, 0) is 50.7 Å². The lowest BCUT2D eigenvalue weighted by atomic mass is 9.71. The zero-order valence-electron chi connectivity index (χ0n) is 16.4. The van der Waals surface area contributed by atoms with E-state index in [0.717, 1.165) is 24.0 Å². The lowest BCUT2D eigenvalue weighted by Crippen LogP contribution is -2.28. The Bertz CT molecular complexity index is 628. The van der Waals surface area contributed by atoms with Gasteiger partial charge in [0.15, 0.2) is 0 Å². The number of hydrogen-bond donors (Lipinski definition) is 1. The topological polar surface area (TPSA) is 46.5 Å². The summed E-state index contributed by atoms with van der Waals surface area (Å²) < 4.78 is 4.88. The van der Waals surface area contributed by atoms with Crippen molar-refractivity contribution in [2.45, 2.75) is 60.5 Å². The third-order valence-corrected chi connectivity index (χ3v) is 4.40. The SMILES string of the molecule is CC(=O)OCC=C(C)C=CC=C(C)C=CC1=C(C)CC(O)CC1(C)C. The maximum atomic E-state index is 10.7. The van der Waals surface area contributed by atoms with E-state index in [1.165, 1.54) is 18.1 Å². The molecular formula is C22H32O3. The zero-order chi connectivity index (χ0) is 19.0. The first-order chi connectivity index (χ1) is 11.6. The highest BCUT2D eigenvalue weighted by Gasteiger charge is 2.31. The van der Waals surface area contributed by atoms with Crippen LogP contribution in [0.2, 0.25) is 0 Å². The van der Waals surface area contributed by atoms with Gasteiger partial charge in [-0.3, -0.25) is 4.79 Å². The van der Waals surface area contributed by atoms with Crippen molar-refractivity contribution in [3.63, 3.8) is 0 Å². The van der Waals surface area contributed by atoms with Crippen LogP contribution in [0.3, 0.4) is 0 Å². The molecule has 0 aromatic rings. The first-order valence-corrected chi connectivity index (χ1v) is 8.83. The lowest BCUT2D eigenvalue weighted by Gasteiger charge is -2.35. The molecule has 0 bridgehead atoms. The summed E-state index contributed by atoms with van der Waals surface area (Å²) in [6.45, 7) is 12.2. The van der Waals surface area contributed by atoms with Crippen LogP contribution in [0.4, 0.5) is 0 Å². The van der Waals surface area contributed by atoms with E-state index in [-0.39, 0.29) is 17.5 Å². The number of aliphatic hydroxyl groups is 1. The Labute approximate surface area is 152 Å². The quantitative estimate of drug-likeness (QED) is 0.541. The summed E-state index contributed by atoms with van der Waals surface area (Å²) in [5.41, 5.74) is 4.81. The molecule has 0 aliphatic heterocycles. The van der Waals surface area contributed by atoms with Crippen LogP contribution in [0.1, 0.15) is 54.4 Å². The van der Waals surface area contributed by atoms with Crippen LogP contribution in [-0.4, -0.2) is 23.8 Å². The minimum absolute atomic E-state index is 0.00437. The second-order valence-corrected chi connectivity index (χ2v) is 7.49. The molecule has 0 saturated carbocycles. The molecule has 25 heavy (non-hydrogen) atoms. The van der Waals surface area contributed by atoms with Crippen LogP contribution >= 0.6 is 0 Å². The summed E-state index contributed by atoms with van der Waals surface area (Å²) in [6, 6.07) is 0. The number of aliphatic hydroxyl groups excluding tert-OH is 1. The van der Waals surface area contributed by atoms with Gasteiger partial charge in [0.25, 0.3) is 0 Å². The van der Waals surface area contributed by atoms with Crippen molar-refractivity contribution in [3.8, 4) is 0 Å². The van der Waals surface area contributed by atoms with Crippen molar-refractivity contribution in [2.24, 2.45) is 5.41 Å². The molecule has 1 rings (SSSR count). The van der Waals surface area contributed by atoms with Crippen LogP contribution in [0.15, 0.2) is 58.7 Å². The van der Waals surface area contributed by atoms with Gasteiger partial charge in [-0.15, -0.1) is 0 Å². The van der Waals surface area contributed by atoms with Crippen LogP contribution in [0, 0.1) is 5.41 Å². The maximum absolute atomic E-state index is 10.7. The number of esters is 1. The normalized spacial score (nSPS) is 22.1. The van der Waals surface area contributed by atoms with Crippen molar-refractivity contribution in [1.82, 2.24) is 0 Å². The largest absolute Gasteiger partial charge is 0.462 e. The zero-order valence-corrected chi connectivity index (χ0v) is 16.4. The Hall–Kier alpha value is -1.87. The van der Waals surface area contributed by atoms with Gasteiger partial charge in [-0.2, -0.15) is 0 Å². The Morgan fingerprint density at radius 3 is 2.52 bits per heavy atom. The molecule has 1 N–H and O–H groups in total. The van der Waals surface area contributed by atoms with E-state index >= 15 is 0 Å². The summed E-state index contributed by atoms with van der Waals surface area (Å²) in [7, 11) is 0. The van der Waals surface area contributed by atoms with E-state index in [0.29, 0.717) is 6.61 Å². The van der Waals surface area contributed by atoms with Gasteiger partial charge in [0.1, 0.15) is 6.61 Å². The summed E-state index contributed by atoms with van der Waals surface area (Å²) in [5, 5.41) is 9.96. The fourth-order valence-corrected chi connectivity index (χ4v) is 3.16. The average molecular weight is 344 g/mol. The first kappa shape index (κ1) is 21.2. The maximum Gasteiger partial charge on any atom is 0.302 e. The molecule has 138 valence electrons. The van der Waals surface area contributed by atoms with Crippen molar-refractivity contribution < 1.29 is 14.6 Å². The Kier molecular flexibility index (Phi) is 8.11. The number of carbonyl (C=O) groups excluding carboxylic acids is 1. The molecule has 0 fully saturated rings. The van der Waals surface area contributed by atoms with E-state index in [2.05, 4.69) is 45.9 Å². The molecule has 3 nitrogen and oxygen atoms in total. The third kappa shape index (κ3) is 7.70. The fraction of sp³-hybridized carbons (Fsp3) is 0.500. The molecule has 0 aromatic heterocycles. The lowest BCUT2D eigenvalue weighted by molar-refractivity contribution is -0.139. The average Bonchev–Trinajstić information content (AvgIpc) is 2.44. The highest BCUT2D eigenvalue weighted by Crippen LogP contribution is 2.40. The highest BCUT2D eigenvalue weighted by atomic mass is 16.5. The number of allylic oxidation sites excluding steroid dienone is 8. The summed E-state index contributed by atoms with van der Waals surface area (Å²) >= 11 is 0. The Morgan fingerprint density at radius 1 is 1.24 bits per heavy atom. The number of hydrogen-bond acceptors (Lipinski definition) is 3. The third-order valence-electron chi connectivity index (χ3n) is 4.40. The molecule has 3 heteroatoms. The Balaban J connectivity index is 2.71. The van der Waals surface area contributed by atoms with Crippen molar-refractivity contribution in [1.29, 1.82) is 0 Å². The van der Waals surface area contributed by atoms with Crippen molar-refractivity contribution in [3.05, 3.63) is 58.7 Å². The molecular weight excluding hydrogens is 312 g/mol. The second-order valence-electron chi connectivity index (χ2n) is 7.49. The van der Waals surface area contributed by atoms with Gasteiger partial charge < -0.3 is 9.84 Å². The molecule has 1 aliphatic rings. The predicted molar refractivity (Wildman–Crippen MR) is 104 cm³/mol.